The highest BCUT2D eigenvalue weighted by molar-refractivity contribution is 6.01. The van der Waals surface area contributed by atoms with Gasteiger partial charge in [0.15, 0.2) is 0 Å². The Hall–Kier alpha value is -2.93. The molecule has 3 heterocycles. The van der Waals surface area contributed by atoms with Crippen molar-refractivity contribution >= 4 is 23.2 Å². The van der Waals surface area contributed by atoms with Crippen LogP contribution in [-0.4, -0.2) is 75.2 Å². The van der Waals surface area contributed by atoms with Gasteiger partial charge in [0.25, 0.3) is 17.5 Å². The number of carbonyl (C=O) groups excluding carboxylic acids is 2. The monoisotopic (exact) mass is 436 g/mol. The van der Waals surface area contributed by atoms with E-state index in [1.165, 1.54) is 0 Å². The quantitative estimate of drug-likeness (QED) is 0.157. The highest BCUT2D eigenvalue weighted by Crippen LogP contribution is 2.34. The number of ether oxygens (including phenoxy) is 1. The molecule has 1 unspecified atom stereocenters. The van der Waals surface area contributed by atoms with Crippen molar-refractivity contribution in [1.82, 2.24) is 10.6 Å². The van der Waals surface area contributed by atoms with Crippen molar-refractivity contribution in [2.24, 2.45) is 11.0 Å². The van der Waals surface area contributed by atoms with E-state index in [0.29, 0.717) is 11.4 Å². The molecule has 31 heavy (non-hydrogen) atoms. The number of anilines is 1. The van der Waals surface area contributed by atoms with Crippen LogP contribution in [-0.2, 0) is 14.3 Å². The maximum Gasteiger partial charge on any atom is 0.278 e. The number of aliphatic hydroxyl groups excluding tert-OH is 2. The van der Waals surface area contributed by atoms with Gasteiger partial charge in [-0.25, -0.2) is 0 Å². The number of hydrogen-bond acceptors (Lipinski definition) is 9. The standard InChI is InChI=1S/C18H24N6O7/c1-16(29,9-25)13(26)18-15(28)21-17(30,14(27)22-18)10(6-7-31-18)8-20-11-2-4-12(5-3-11)23-24-19/h2-5,10,13,20,25-26,29-30H,6-9H2,1H3,(H,21,28)(H,22,27)/t10-,13-,16+,17+,18?/m0/s1. The van der Waals surface area contributed by atoms with Crippen LogP contribution in [0.25, 0.3) is 10.4 Å². The molecular weight excluding hydrogens is 412 g/mol. The van der Waals surface area contributed by atoms with Crippen LogP contribution < -0.4 is 16.0 Å². The Balaban J connectivity index is 1.79. The third-order valence-electron chi connectivity index (χ3n) is 5.55. The lowest BCUT2D eigenvalue weighted by molar-refractivity contribution is -0.240. The zero-order valence-electron chi connectivity index (χ0n) is 16.6. The summed E-state index contributed by atoms with van der Waals surface area (Å²) in [4.78, 5) is 28.3. The number of fused-ring (bicyclic) bond motifs is 5. The van der Waals surface area contributed by atoms with Crippen LogP contribution in [0.15, 0.2) is 29.4 Å². The third-order valence-corrected chi connectivity index (χ3v) is 5.55. The number of piperazine rings is 1. The van der Waals surface area contributed by atoms with Crippen molar-refractivity contribution in [1.29, 1.82) is 0 Å². The number of nitrogens with zero attached hydrogens (tertiary/aromatic N) is 3. The number of azide groups is 1. The van der Waals surface area contributed by atoms with Crippen LogP contribution in [0, 0.1) is 5.92 Å². The van der Waals surface area contributed by atoms with Gasteiger partial charge in [-0.2, -0.15) is 0 Å². The Morgan fingerprint density at radius 3 is 2.65 bits per heavy atom. The molecule has 0 aromatic heterocycles. The molecule has 2 amide bonds. The largest absolute Gasteiger partial charge is 0.393 e. The molecule has 0 aliphatic carbocycles. The molecule has 3 fully saturated rings. The second-order valence-corrected chi connectivity index (χ2v) is 7.78. The molecule has 7 N–H and O–H groups in total. The smallest absolute Gasteiger partial charge is 0.278 e. The van der Waals surface area contributed by atoms with Crippen molar-refractivity contribution in [3.63, 3.8) is 0 Å². The predicted molar refractivity (Wildman–Crippen MR) is 105 cm³/mol. The first-order valence-corrected chi connectivity index (χ1v) is 9.51. The van der Waals surface area contributed by atoms with Crippen molar-refractivity contribution < 1.29 is 34.8 Å². The molecule has 2 bridgehead atoms. The molecule has 168 valence electrons. The average Bonchev–Trinajstić information content (AvgIpc) is 2.73. The van der Waals surface area contributed by atoms with Crippen LogP contribution in [0.5, 0.6) is 0 Å². The zero-order valence-corrected chi connectivity index (χ0v) is 16.6. The summed E-state index contributed by atoms with van der Waals surface area (Å²) < 4.78 is 5.51. The lowest BCUT2D eigenvalue weighted by Crippen LogP contribution is -2.84. The first kappa shape index (κ1) is 22.7. The molecule has 13 heteroatoms. The second kappa shape index (κ2) is 8.30. The highest BCUT2D eigenvalue weighted by atomic mass is 16.5. The van der Waals surface area contributed by atoms with E-state index in [1.807, 2.05) is 0 Å². The Kier molecular flexibility index (Phi) is 6.09. The van der Waals surface area contributed by atoms with E-state index in [9.17, 15) is 30.0 Å². The number of rotatable bonds is 7. The summed E-state index contributed by atoms with van der Waals surface area (Å²) in [5, 5.41) is 51.9. The van der Waals surface area contributed by atoms with Gasteiger partial charge in [0.1, 0.15) is 11.7 Å². The van der Waals surface area contributed by atoms with Crippen LogP contribution >= 0.6 is 0 Å². The van der Waals surface area contributed by atoms with E-state index in [2.05, 4.69) is 26.0 Å². The molecule has 0 spiro atoms. The Labute approximate surface area is 176 Å². The minimum Gasteiger partial charge on any atom is -0.393 e. The minimum absolute atomic E-state index is 0.0678. The molecular formula is C18H24N6O7. The first-order chi connectivity index (χ1) is 14.6. The second-order valence-electron chi connectivity index (χ2n) is 7.78. The molecule has 1 aromatic rings. The van der Waals surface area contributed by atoms with E-state index in [4.69, 9.17) is 10.3 Å². The Bertz CT molecular complexity index is 903. The normalized spacial score (nSPS) is 30.7. The number of nitrogens with one attached hydrogen (secondary N) is 3. The van der Waals surface area contributed by atoms with Gasteiger partial charge in [0.2, 0.25) is 5.72 Å². The van der Waals surface area contributed by atoms with Gasteiger partial charge in [0, 0.05) is 28.7 Å². The zero-order chi connectivity index (χ0) is 22.9. The van der Waals surface area contributed by atoms with E-state index in [-0.39, 0.29) is 19.6 Å². The molecule has 5 atom stereocenters. The number of aliphatic hydroxyl groups is 4. The summed E-state index contributed by atoms with van der Waals surface area (Å²) in [7, 11) is 0. The van der Waals surface area contributed by atoms with Gasteiger partial charge >= 0.3 is 0 Å². The summed E-state index contributed by atoms with van der Waals surface area (Å²) in [6, 6.07) is 6.45. The molecule has 4 rings (SSSR count). The minimum atomic E-state index is -2.37. The van der Waals surface area contributed by atoms with E-state index in [0.717, 1.165) is 6.92 Å². The average molecular weight is 436 g/mol. The van der Waals surface area contributed by atoms with Crippen molar-refractivity contribution in [3.05, 3.63) is 34.7 Å². The van der Waals surface area contributed by atoms with E-state index < -0.39 is 47.5 Å². The molecule has 3 aliphatic heterocycles. The summed E-state index contributed by atoms with van der Waals surface area (Å²) in [6.45, 7) is 0.0987. The molecule has 3 aliphatic rings. The van der Waals surface area contributed by atoms with Crippen molar-refractivity contribution in [2.75, 3.05) is 25.1 Å². The first-order valence-electron chi connectivity index (χ1n) is 9.51. The van der Waals surface area contributed by atoms with Gasteiger partial charge in [0.05, 0.1) is 13.2 Å². The number of benzene rings is 1. The summed E-state index contributed by atoms with van der Waals surface area (Å²) in [5.74, 6) is -2.90. The number of hydrogen-bond donors (Lipinski definition) is 7. The Morgan fingerprint density at radius 1 is 1.35 bits per heavy atom. The summed E-state index contributed by atoms with van der Waals surface area (Å²) in [6.07, 6.45) is -1.90. The van der Waals surface area contributed by atoms with Crippen molar-refractivity contribution in [3.8, 4) is 0 Å². The maximum absolute atomic E-state index is 12.8. The van der Waals surface area contributed by atoms with Crippen LogP contribution in [0.3, 0.4) is 0 Å². The van der Waals surface area contributed by atoms with E-state index in [1.54, 1.807) is 24.3 Å². The van der Waals surface area contributed by atoms with Gasteiger partial charge in [-0.1, -0.05) is 17.2 Å². The lowest BCUT2D eigenvalue weighted by Gasteiger charge is -2.51. The van der Waals surface area contributed by atoms with Crippen LogP contribution in [0.1, 0.15) is 13.3 Å². The topological polar surface area (TPSA) is 209 Å². The molecule has 13 nitrogen and oxygen atoms in total. The molecule has 0 saturated carbocycles. The van der Waals surface area contributed by atoms with Crippen molar-refractivity contribution in [2.45, 2.75) is 36.5 Å². The fraction of sp³-hybridized carbons (Fsp3) is 0.556. The number of amides is 2. The fourth-order valence-electron chi connectivity index (χ4n) is 3.59. The third kappa shape index (κ3) is 4.02. The van der Waals surface area contributed by atoms with Gasteiger partial charge < -0.3 is 41.1 Å². The Morgan fingerprint density at radius 2 is 2.03 bits per heavy atom. The summed E-state index contributed by atoms with van der Waals surface area (Å²) >= 11 is 0. The van der Waals surface area contributed by atoms with Crippen LogP contribution in [0.4, 0.5) is 11.4 Å². The molecule has 1 aromatic carbocycles. The lowest BCUT2D eigenvalue weighted by atomic mass is 9.82. The summed E-state index contributed by atoms with van der Waals surface area (Å²) in [5.41, 5.74) is 2.65. The van der Waals surface area contributed by atoms with Gasteiger partial charge in [-0.3, -0.25) is 9.59 Å². The SMILES string of the molecule is C[C@@](O)(CO)[C@H](O)C12NC(=O)[C@@](O)(NC1=O)[C@H](CNc1ccc(N=[N+]=[N-])cc1)CCO2. The van der Waals surface area contributed by atoms with Crippen LogP contribution in [0.2, 0.25) is 0 Å². The fourth-order valence-corrected chi connectivity index (χ4v) is 3.59. The predicted octanol–water partition coefficient (Wildman–Crippen LogP) is -1.19. The highest BCUT2D eigenvalue weighted by Gasteiger charge is 2.64. The molecule has 0 radical (unpaired) electrons. The molecule has 3 saturated heterocycles. The maximum atomic E-state index is 12.8. The van der Waals surface area contributed by atoms with Gasteiger partial charge in [-0.15, -0.1) is 0 Å². The van der Waals surface area contributed by atoms with Gasteiger partial charge in [-0.05, 0) is 31.0 Å². The van der Waals surface area contributed by atoms with E-state index >= 15 is 0 Å². The number of carbonyl (C=O) groups is 2.